The molecule has 0 amide bonds. The largest absolute Gasteiger partial charge is 0.328 e. The van der Waals surface area contributed by atoms with Gasteiger partial charge in [0.25, 0.3) is 10.7 Å². The van der Waals surface area contributed by atoms with Crippen molar-refractivity contribution < 1.29 is 13.0 Å². The van der Waals surface area contributed by atoms with Gasteiger partial charge >= 0.3 is 10.1 Å². The second kappa shape index (κ2) is 3.89. The minimum absolute atomic E-state index is 0.351. The number of nitrogens with zero attached hydrogens (tertiary/aromatic N) is 1. The number of hydrogen-bond acceptors (Lipinski definition) is 4. The molecular weight excluding hydrogens is 208 g/mol. The lowest BCUT2D eigenvalue weighted by atomic mass is 10.2. The molecule has 78 valence electrons. The van der Waals surface area contributed by atoms with E-state index in [0.29, 0.717) is 12.1 Å². The van der Waals surface area contributed by atoms with E-state index in [1.165, 1.54) is 6.07 Å². The van der Waals surface area contributed by atoms with Crippen LogP contribution in [-0.4, -0.2) is 22.9 Å². The topological polar surface area (TPSA) is 100 Å². The van der Waals surface area contributed by atoms with Crippen LogP contribution >= 0.6 is 0 Å². The molecule has 7 heteroatoms. The van der Waals surface area contributed by atoms with Gasteiger partial charge in [0, 0.05) is 11.8 Å². The second-order valence-corrected chi connectivity index (χ2v) is 4.10. The van der Waals surface area contributed by atoms with Gasteiger partial charge in [-0.05, 0) is 6.42 Å². The Bertz CT molecular complexity index is 477. The van der Waals surface area contributed by atoms with Crippen LogP contribution in [0.15, 0.2) is 16.0 Å². The molecule has 0 saturated carbocycles. The van der Waals surface area contributed by atoms with E-state index in [0.717, 1.165) is 6.42 Å². The van der Waals surface area contributed by atoms with Gasteiger partial charge in [0.2, 0.25) is 0 Å². The minimum Gasteiger partial charge on any atom is -0.295 e. The van der Waals surface area contributed by atoms with E-state index >= 15 is 0 Å². The van der Waals surface area contributed by atoms with Gasteiger partial charge in [-0.25, -0.2) is 4.98 Å². The van der Waals surface area contributed by atoms with E-state index in [1.807, 2.05) is 11.9 Å². The SMILES string of the molecule is CCCc1cc(=O)[nH]c(S(=O)(=O)O)n1. The molecule has 6 nitrogen and oxygen atoms in total. The Morgan fingerprint density at radius 2 is 2.21 bits per heavy atom. The van der Waals surface area contributed by atoms with Gasteiger partial charge in [-0.15, -0.1) is 0 Å². The zero-order valence-corrected chi connectivity index (χ0v) is 8.34. The third-order valence-electron chi connectivity index (χ3n) is 1.52. The van der Waals surface area contributed by atoms with Crippen LogP contribution in [0.1, 0.15) is 19.0 Å². The molecule has 0 aliphatic carbocycles. The number of aryl methyl sites for hydroxylation is 1. The molecule has 0 radical (unpaired) electrons. The fraction of sp³-hybridized carbons (Fsp3) is 0.429. The van der Waals surface area contributed by atoms with Gasteiger partial charge in [0.15, 0.2) is 0 Å². The van der Waals surface area contributed by atoms with Crippen LogP contribution in [0.5, 0.6) is 0 Å². The van der Waals surface area contributed by atoms with Crippen LogP contribution in [-0.2, 0) is 16.5 Å². The summed E-state index contributed by atoms with van der Waals surface area (Å²) in [6.07, 6.45) is 1.23. The highest BCUT2D eigenvalue weighted by molar-refractivity contribution is 7.85. The molecule has 14 heavy (non-hydrogen) atoms. The zero-order valence-electron chi connectivity index (χ0n) is 7.52. The first-order valence-corrected chi connectivity index (χ1v) is 5.45. The van der Waals surface area contributed by atoms with E-state index in [9.17, 15) is 13.2 Å². The van der Waals surface area contributed by atoms with E-state index in [2.05, 4.69) is 4.98 Å². The Labute approximate surface area is 80.8 Å². The summed E-state index contributed by atoms with van der Waals surface area (Å²) in [5.41, 5.74) is -0.236. The van der Waals surface area contributed by atoms with Crippen molar-refractivity contribution in [2.24, 2.45) is 0 Å². The molecule has 0 bridgehead atoms. The fourth-order valence-electron chi connectivity index (χ4n) is 0.990. The molecule has 1 aromatic rings. The molecule has 0 unspecified atom stereocenters. The lowest BCUT2D eigenvalue weighted by molar-refractivity contribution is 0.472. The molecule has 1 aromatic heterocycles. The van der Waals surface area contributed by atoms with Gasteiger partial charge in [-0.1, -0.05) is 13.3 Å². The number of rotatable bonds is 3. The number of hydrogen-bond donors (Lipinski definition) is 2. The predicted octanol–water partition coefficient (Wildman–Crippen LogP) is -0.0309. The summed E-state index contributed by atoms with van der Waals surface area (Å²) in [5, 5.41) is -0.701. The zero-order chi connectivity index (χ0) is 10.8. The first-order chi connectivity index (χ1) is 6.43. The molecule has 1 rings (SSSR count). The van der Waals surface area contributed by atoms with Crippen LogP contribution in [0.2, 0.25) is 0 Å². The third kappa shape index (κ3) is 2.64. The van der Waals surface area contributed by atoms with Crippen molar-refractivity contribution in [1.29, 1.82) is 0 Å². The Balaban J connectivity index is 3.28. The Kier molecular flexibility index (Phi) is 3.02. The second-order valence-electron chi connectivity index (χ2n) is 2.77. The fourth-order valence-corrected chi connectivity index (χ4v) is 1.45. The van der Waals surface area contributed by atoms with Gasteiger partial charge in [0.1, 0.15) is 0 Å². The molecular formula is C7H10N2O4S. The summed E-state index contributed by atoms with van der Waals surface area (Å²) in [7, 11) is -4.43. The lowest BCUT2D eigenvalue weighted by Gasteiger charge is -1.99. The summed E-state index contributed by atoms with van der Waals surface area (Å²) in [5.74, 6) is 0. The summed E-state index contributed by atoms with van der Waals surface area (Å²) in [6.45, 7) is 1.87. The van der Waals surface area contributed by atoms with E-state index in [-0.39, 0.29) is 0 Å². The highest BCUT2D eigenvalue weighted by Crippen LogP contribution is 2.01. The molecule has 0 saturated heterocycles. The summed E-state index contributed by atoms with van der Waals surface area (Å²) < 4.78 is 30.0. The molecule has 0 spiro atoms. The maximum atomic E-state index is 11.0. The van der Waals surface area contributed by atoms with Crippen molar-refractivity contribution in [1.82, 2.24) is 9.97 Å². The van der Waals surface area contributed by atoms with Crippen molar-refractivity contribution in [3.63, 3.8) is 0 Å². The standard InChI is InChI=1S/C7H10N2O4S/c1-2-3-5-4-6(10)9-7(8-5)14(11,12)13/h4H,2-3H2,1H3,(H,8,9,10)(H,11,12,13). The average molecular weight is 218 g/mol. The van der Waals surface area contributed by atoms with Gasteiger partial charge < -0.3 is 0 Å². The lowest BCUT2D eigenvalue weighted by Crippen LogP contribution is -2.16. The molecule has 0 atom stereocenters. The van der Waals surface area contributed by atoms with Crippen LogP contribution < -0.4 is 5.56 Å². The average Bonchev–Trinajstić information content (AvgIpc) is 2.02. The Morgan fingerprint density at radius 1 is 1.57 bits per heavy atom. The van der Waals surface area contributed by atoms with Crippen molar-refractivity contribution in [2.45, 2.75) is 24.9 Å². The number of H-pyrrole nitrogens is 1. The monoisotopic (exact) mass is 218 g/mol. The highest BCUT2D eigenvalue weighted by Gasteiger charge is 2.13. The summed E-state index contributed by atoms with van der Waals surface area (Å²) in [4.78, 5) is 16.5. The third-order valence-corrected chi connectivity index (χ3v) is 2.21. The maximum absolute atomic E-state index is 11.0. The smallest absolute Gasteiger partial charge is 0.295 e. The van der Waals surface area contributed by atoms with Crippen LogP contribution in [0.4, 0.5) is 0 Å². The number of nitrogens with one attached hydrogen (secondary N) is 1. The van der Waals surface area contributed by atoms with Gasteiger partial charge in [-0.2, -0.15) is 8.42 Å². The number of aromatic nitrogens is 2. The molecule has 0 fully saturated rings. The molecule has 1 heterocycles. The van der Waals surface area contributed by atoms with Crippen molar-refractivity contribution >= 4 is 10.1 Å². The van der Waals surface area contributed by atoms with Crippen LogP contribution in [0, 0.1) is 0 Å². The van der Waals surface area contributed by atoms with E-state index in [4.69, 9.17) is 4.55 Å². The molecule has 0 aliphatic heterocycles. The normalized spacial score (nSPS) is 11.6. The van der Waals surface area contributed by atoms with Gasteiger partial charge in [-0.3, -0.25) is 14.3 Å². The predicted molar refractivity (Wildman–Crippen MR) is 48.7 cm³/mol. The first-order valence-electron chi connectivity index (χ1n) is 4.01. The van der Waals surface area contributed by atoms with Gasteiger partial charge in [0.05, 0.1) is 0 Å². The summed E-state index contributed by atoms with van der Waals surface area (Å²) >= 11 is 0. The molecule has 2 N–H and O–H groups in total. The van der Waals surface area contributed by atoms with Crippen molar-refractivity contribution in [3.05, 3.63) is 22.1 Å². The quantitative estimate of drug-likeness (QED) is 0.548. The van der Waals surface area contributed by atoms with Crippen molar-refractivity contribution in [3.8, 4) is 0 Å². The number of aromatic amines is 1. The first kappa shape index (κ1) is 10.9. The van der Waals surface area contributed by atoms with Crippen LogP contribution in [0.25, 0.3) is 0 Å². The highest BCUT2D eigenvalue weighted by atomic mass is 32.2. The van der Waals surface area contributed by atoms with E-state index in [1.54, 1.807) is 0 Å². The van der Waals surface area contributed by atoms with Crippen molar-refractivity contribution in [2.75, 3.05) is 0 Å². The Hall–Kier alpha value is -1.21. The maximum Gasteiger partial charge on any atom is 0.328 e. The minimum atomic E-state index is -4.43. The van der Waals surface area contributed by atoms with E-state index < -0.39 is 20.8 Å². The molecule has 0 aliphatic rings. The summed E-state index contributed by atoms with van der Waals surface area (Å²) in [6, 6.07) is 1.21. The Morgan fingerprint density at radius 3 is 2.71 bits per heavy atom. The van der Waals surface area contributed by atoms with Crippen LogP contribution in [0.3, 0.4) is 0 Å². The molecule has 0 aromatic carbocycles.